The Morgan fingerprint density at radius 2 is 1.56 bits per heavy atom. The van der Waals surface area contributed by atoms with Crippen LogP contribution in [-0.4, -0.2) is 59.0 Å². The Kier molecular flexibility index (Phi) is 6.76. The van der Waals surface area contributed by atoms with Crippen LogP contribution in [0.15, 0.2) is 65.7 Å². The van der Waals surface area contributed by atoms with Crippen LogP contribution in [0, 0.1) is 0 Å². The summed E-state index contributed by atoms with van der Waals surface area (Å²) >= 11 is 0. The van der Waals surface area contributed by atoms with E-state index in [0.29, 0.717) is 17.4 Å². The molecule has 1 aliphatic rings. The second-order valence-electron chi connectivity index (χ2n) is 7.71. The average Bonchev–Trinajstić information content (AvgIpc) is 2.84. The van der Waals surface area contributed by atoms with E-state index in [2.05, 4.69) is 37.8 Å². The summed E-state index contributed by atoms with van der Waals surface area (Å²) in [6, 6.07) is 17.2. The van der Waals surface area contributed by atoms with E-state index in [-0.39, 0.29) is 24.4 Å². The molecule has 0 aliphatic carbocycles. The maximum atomic E-state index is 12.4. The largest absolute Gasteiger partial charge is 0.369 e. The van der Waals surface area contributed by atoms with Crippen molar-refractivity contribution in [3.05, 3.63) is 71.3 Å². The molecule has 3 aromatic rings. The van der Waals surface area contributed by atoms with Crippen LogP contribution in [0.5, 0.6) is 0 Å². The number of rotatable bonds is 6. The van der Waals surface area contributed by atoms with Gasteiger partial charge in [0.2, 0.25) is 5.91 Å². The Hall–Kier alpha value is -3.72. The van der Waals surface area contributed by atoms with Gasteiger partial charge in [0, 0.05) is 44.8 Å². The van der Waals surface area contributed by atoms with E-state index in [4.69, 9.17) is 0 Å². The zero-order valence-corrected chi connectivity index (χ0v) is 17.7. The molecule has 2 amide bonds. The minimum atomic E-state index is -0.492. The fourth-order valence-electron chi connectivity index (χ4n) is 3.74. The molecule has 1 fully saturated rings. The Labute approximate surface area is 185 Å². The average molecular weight is 435 g/mol. The zero-order valence-electron chi connectivity index (χ0n) is 17.7. The summed E-state index contributed by atoms with van der Waals surface area (Å²) in [5, 5.41) is 0.444. The molecule has 9 heteroatoms. The second kappa shape index (κ2) is 10.1. The summed E-state index contributed by atoms with van der Waals surface area (Å²) in [4.78, 5) is 45.5. The molecule has 0 spiro atoms. The molecule has 1 saturated heterocycles. The number of para-hydroxylation sites is 2. The van der Waals surface area contributed by atoms with Crippen LogP contribution in [0.4, 0.5) is 5.69 Å². The van der Waals surface area contributed by atoms with E-state index in [1.165, 1.54) is 16.6 Å². The molecule has 0 bridgehead atoms. The summed E-state index contributed by atoms with van der Waals surface area (Å²) in [6.07, 6.45) is 1.62. The summed E-state index contributed by atoms with van der Waals surface area (Å²) in [7, 11) is 0. The van der Waals surface area contributed by atoms with Crippen LogP contribution in [0.1, 0.15) is 6.42 Å². The molecule has 32 heavy (non-hydrogen) atoms. The van der Waals surface area contributed by atoms with Gasteiger partial charge in [-0.05, 0) is 24.3 Å². The van der Waals surface area contributed by atoms with Gasteiger partial charge in [0.25, 0.3) is 11.5 Å². The van der Waals surface area contributed by atoms with Crippen molar-refractivity contribution in [2.24, 2.45) is 0 Å². The number of anilines is 1. The minimum Gasteiger partial charge on any atom is -0.369 e. The number of hydrogen-bond acceptors (Lipinski definition) is 6. The third-order valence-corrected chi connectivity index (χ3v) is 5.54. The maximum absolute atomic E-state index is 12.4. The van der Waals surface area contributed by atoms with Crippen molar-refractivity contribution in [1.82, 2.24) is 25.3 Å². The molecule has 2 aromatic carbocycles. The zero-order chi connectivity index (χ0) is 22.3. The third kappa shape index (κ3) is 5.30. The van der Waals surface area contributed by atoms with Crippen LogP contribution >= 0.6 is 0 Å². The number of benzene rings is 2. The van der Waals surface area contributed by atoms with Crippen LogP contribution in [-0.2, 0) is 16.1 Å². The van der Waals surface area contributed by atoms with Crippen LogP contribution in [0.25, 0.3) is 10.9 Å². The van der Waals surface area contributed by atoms with E-state index >= 15 is 0 Å². The molecule has 1 aromatic heterocycles. The number of nitrogens with one attached hydrogen (secondary N) is 2. The summed E-state index contributed by atoms with van der Waals surface area (Å²) < 4.78 is 1.22. The molecule has 2 N–H and O–H groups in total. The molecular weight excluding hydrogens is 408 g/mol. The number of amides is 2. The van der Waals surface area contributed by atoms with Crippen molar-refractivity contribution in [1.29, 1.82) is 0 Å². The van der Waals surface area contributed by atoms with Crippen molar-refractivity contribution in [2.45, 2.75) is 13.0 Å². The number of carbonyl (C=O) groups is 2. The molecule has 1 aliphatic heterocycles. The Bertz CT molecular complexity index is 1140. The molecule has 9 nitrogen and oxygen atoms in total. The summed E-state index contributed by atoms with van der Waals surface area (Å²) in [6.45, 7) is 3.99. The van der Waals surface area contributed by atoms with Gasteiger partial charge in [-0.15, -0.1) is 0 Å². The maximum Gasteiger partial charge on any atom is 0.261 e. The molecule has 0 saturated carbocycles. The lowest BCUT2D eigenvalue weighted by molar-refractivity contribution is -0.129. The monoisotopic (exact) mass is 434 g/mol. The van der Waals surface area contributed by atoms with Crippen molar-refractivity contribution in [2.75, 3.05) is 37.6 Å². The topological polar surface area (TPSA) is 99.6 Å². The van der Waals surface area contributed by atoms with Crippen LogP contribution < -0.4 is 21.3 Å². The highest BCUT2D eigenvalue weighted by atomic mass is 16.2. The lowest BCUT2D eigenvalue weighted by Crippen LogP contribution is -2.48. The van der Waals surface area contributed by atoms with Gasteiger partial charge in [0.1, 0.15) is 6.54 Å². The smallest absolute Gasteiger partial charge is 0.261 e. The van der Waals surface area contributed by atoms with Gasteiger partial charge in [-0.25, -0.2) is 4.98 Å². The van der Waals surface area contributed by atoms with Crippen LogP contribution in [0.2, 0.25) is 0 Å². The van der Waals surface area contributed by atoms with Gasteiger partial charge < -0.3 is 4.90 Å². The molecule has 0 unspecified atom stereocenters. The lowest BCUT2D eigenvalue weighted by Gasteiger charge is -2.36. The quantitative estimate of drug-likeness (QED) is 0.556. The fraction of sp³-hybridized carbons (Fsp3) is 0.304. The SMILES string of the molecule is O=C(CCN1CCN(c2ccccc2)CC1)NNC(=O)Cn1cnc2ccccc2c1=O. The molecule has 0 radical (unpaired) electrons. The first kappa shape index (κ1) is 21.5. The predicted molar refractivity (Wildman–Crippen MR) is 122 cm³/mol. The lowest BCUT2D eigenvalue weighted by atomic mass is 10.2. The van der Waals surface area contributed by atoms with Crippen LogP contribution in [0.3, 0.4) is 0 Å². The number of hydrogen-bond donors (Lipinski definition) is 2. The number of hydrazine groups is 1. The number of nitrogens with zero attached hydrogens (tertiary/aromatic N) is 4. The van der Waals surface area contributed by atoms with Gasteiger partial charge in [0.05, 0.1) is 17.2 Å². The molecule has 2 heterocycles. The highest BCUT2D eigenvalue weighted by Crippen LogP contribution is 2.15. The Balaban J connectivity index is 1.18. The first-order valence-corrected chi connectivity index (χ1v) is 10.6. The number of aromatic nitrogens is 2. The van der Waals surface area contributed by atoms with Crippen molar-refractivity contribution in [3.8, 4) is 0 Å². The van der Waals surface area contributed by atoms with E-state index in [0.717, 1.165) is 26.2 Å². The molecule has 4 rings (SSSR count). The molecule has 166 valence electrons. The van der Waals surface area contributed by atoms with Crippen molar-refractivity contribution < 1.29 is 9.59 Å². The minimum absolute atomic E-state index is 0.224. The van der Waals surface area contributed by atoms with Gasteiger partial charge in [-0.2, -0.15) is 0 Å². The van der Waals surface area contributed by atoms with E-state index < -0.39 is 5.91 Å². The van der Waals surface area contributed by atoms with Gasteiger partial charge >= 0.3 is 0 Å². The predicted octanol–water partition coefficient (Wildman–Crippen LogP) is 0.756. The number of piperazine rings is 1. The van der Waals surface area contributed by atoms with E-state index in [1.807, 2.05) is 18.2 Å². The Morgan fingerprint density at radius 3 is 2.34 bits per heavy atom. The number of fused-ring (bicyclic) bond motifs is 1. The van der Waals surface area contributed by atoms with Gasteiger partial charge in [-0.1, -0.05) is 30.3 Å². The van der Waals surface area contributed by atoms with Gasteiger partial charge in [0.15, 0.2) is 0 Å². The first-order chi connectivity index (χ1) is 15.6. The number of carbonyl (C=O) groups excluding carboxylic acids is 2. The normalized spacial score (nSPS) is 14.3. The second-order valence-corrected chi connectivity index (χ2v) is 7.71. The van der Waals surface area contributed by atoms with Gasteiger partial charge in [-0.3, -0.25) is 34.7 Å². The van der Waals surface area contributed by atoms with Crippen molar-refractivity contribution in [3.63, 3.8) is 0 Å². The molecular formula is C23H26N6O3. The molecule has 0 atom stereocenters. The summed E-state index contributed by atoms with van der Waals surface area (Å²) in [5.74, 6) is -0.762. The highest BCUT2D eigenvalue weighted by molar-refractivity contribution is 5.82. The fourth-order valence-corrected chi connectivity index (χ4v) is 3.74. The Morgan fingerprint density at radius 1 is 0.875 bits per heavy atom. The third-order valence-electron chi connectivity index (χ3n) is 5.54. The highest BCUT2D eigenvalue weighted by Gasteiger charge is 2.18. The summed E-state index contributed by atoms with van der Waals surface area (Å²) in [5.41, 5.74) is 6.28. The van der Waals surface area contributed by atoms with Crippen molar-refractivity contribution >= 4 is 28.4 Å². The standard InChI is InChI=1S/C23H26N6O3/c30-21(10-11-27-12-14-28(15-13-27)18-6-2-1-3-7-18)25-26-22(31)16-29-17-24-20-9-5-4-8-19(20)23(29)32/h1-9,17H,10-16H2,(H,25,30)(H,26,31). The van der Waals surface area contributed by atoms with E-state index in [1.54, 1.807) is 24.3 Å². The van der Waals surface area contributed by atoms with E-state index in [9.17, 15) is 14.4 Å². The first-order valence-electron chi connectivity index (χ1n) is 10.6.